The maximum Gasteiger partial charge on any atom is 0.183 e. The first-order chi connectivity index (χ1) is 10.3. The van der Waals surface area contributed by atoms with Crippen LogP contribution < -0.4 is 5.32 Å². The van der Waals surface area contributed by atoms with Crippen LogP contribution in [0.5, 0.6) is 0 Å². The molecule has 0 aliphatic carbocycles. The first-order valence-electron chi connectivity index (χ1n) is 7.44. The Bertz CT molecular complexity index is 359. The van der Waals surface area contributed by atoms with Gasteiger partial charge in [-0.3, -0.25) is 0 Å². The molecule has 0 aromatic carbocycles. The summed E-state index contributed by atoms with van der Waals surface area (Å²) in [6.45, 7) is -0.441. The van der Waals surface area contributed by atoms with Crippen molar-refractivity contribution >= 4 is 0 Å². The van der Waals surface area contributed by atoms with Crippen LogP contribution >= 0.6 is 0 Å². The van der Waals surface area contributed by atoms with Crippen LogP contribution in [0.4, 0.5) is 0 Å². The zero-order chi connectivity index (χ0) is 16.4. The van der Waals surface area contributed by atoms with Gasteiger partial charge >= 0.3 is 0 Å². The summed E-state index contributed by atoms with van der Waals surface area (Å²) in [5.74, 6) is 0. The van der Waals surface area contributed by atoms with E-state index < -0.39 is 55.6 Å². The molecule has 0 saturated carbocycles. The topological polar surface area (TPSA) is 163 Å². The van der Waals surface area contributed by atoms with Gasteiger partial charge in [0, 0.05) is 12.1 Å². The van der Waals surface area contributed by atoms with E-state index in [4.69, 9.17) is 9.84 Å². The zero-order valence-electron chi connectivity index (χ0n) is 12.1. The summed E-state index contributed by atoms with van der Waals surface area (Å²) in [5.41, 5.74) is 0. The van der Waals surface area contributed by atoms with Gasteiger partial charge in [-0.05, 0) is 19.3 Å². The lowest BCUT2D eigenvalue weighted by Gasteiger charge is -2.42. The minimum atomic E-state index is -1.60. The Kier molecular flexibility index (Phi) is 6.11. The zero-order valence-corrected chi connectivity index (χ0v) is 12.1. The predicted molar refractivity (Wildman–Crippen MR) is 72.6 cm³/mol. The highest BCUT2D eigenvalue weighted by molar-refractivity contribution is 4.94. The molecule has 1 unspecified atom stereocenters. The number of ether oxygens (including phenoxy) is 1. The van der Waals surface area contributed by atoms with Gasteiger partial charge in [-0.15, -0.1) is 0 Å². The third kappa shape index (κ3) is 3.94. The van der Waals surface area contributed by atoms with Gasteiger partial charge in [0.05, 0.1) is 24.9 Å². The summed E-state index contributed by atoms with van der Waals surface area (Å²) in [7, 11) is 0. The molecule has 0 aromatic rings. The molecule has 9 heteroatoms. The summed E-state index contributed by atoms with van der Waals surface area (Å²) < 4.78 is 5.10. The second-order valence-corrected chi connectivity index (χ2v) is 6.12. The number of hydrogen-bond donors (Lipinski definition) is 8. The Hall–Kier alpha value is -0.360. The summed E-state index contributed by atoms with van der Waals surface area (Å²) >= 11 is 0. The minimum absolute atomic E-state index is 0.160. The monoisotopic (exact) mass is 323 g/mol. The first kappa shape index (κ1) is 18.0. The van der Waals surface area contributed by atoms with Gasteiger partial charge in [-0.1, -0.05) is 0 Å². The SMILES string of the molecule is OC[C@@H](O)[C@H]1C[C@@H](O)C[C@@H](C[C@H]2OC(O)[C@H](O)[C@@H](O)[C@H]2O)N1. The molecule has 2 heterocycles. The quantitative estimate of drug-likeness (QED) is 0.258. The molecule has 8 N–H and O–H groups in total. The fourth-order valence-electron chi connectivity index (χ4n) is 3.12. The van der Waals surface area contributed by atoms with Gasteiger partial charge in [0.1, 0.15) is 18.3 Å². The predicted octanol–water partition coefficient (Wildman–Crippen LogP) is -3.99. The Morgan fingerprint density at radius 2 is 1.68 bits per heavy atom. The van der Waals surface area contributed by atoms with E-state index in [1.54, 1.807) is 0 Å². The molecular weight excluding hydrogens is 298 g/mol. The van der Waals surface area contributed by atoms with Crippen LogP contribution in [0.15, 0.2) is 0 Å². The summed E-state index contributed by atoms with van der Waals surface area (Å²) in [4.78, 5) is 0. The van der Waals surface area contributed by atoms with E-state index in [0.717, 1.165) is 0 Å². The average Bonchev–Trinajstić information content (AvgIpc) is 2.49. The van der Waals surface area contributed by atoms with Crippen LogP contribution in [0, 0.1) is 0 Å². The van der Waals surface area contributed by atoms with Crippen molar-refractivity contribution in [1.82, 2.24) is 5.32 Å². The van der Waals surface area contributed by atoms with E-state index in [1.165, 1.54) is 0 Å². The van der Waals surface area contributed by atoms with E-state index in [2.05, 4.69) is 5.32 Å². The number of nitrogens with one attached hydrogen (secondary N) is 1. The van der Waals surface area contributed by atoms with Gasteiger partial charge in [0.15, 0.2) is 6.29 Å². The van der Waals surface area contributed by atoms with Crippen molar-refractivity contribution in [3.63, 3.8) is 0 Å². The Labute approximate surface area is 127 Å². The normalized spacial score (nSPS) is 48.1. The molecule has 9 atom stereocenters. The molecule has 0 spiro atoms. The molecule has 22 heavy (non-hydrogen) atoms. The highest BCUT2D eigenvalue weighted by Crippen LogP contribution is 2.26. The lowest BCUT2D eigenvalue weighted by atomic mass is 9.87. The molecule has 2 aliphatic heterocycles. The molecule has 0 radical (unpaired) electrons. The molecule has 2 saturated heterocycles. The molecule has 0 bridgehead atoms. The van der Waals surface area contributed by atoms with Crippen molar-refractivity contribution in [2.45, 2.75) is 74.3 Å². The fraction of sp³-hybridized carbons (Fsp3) is 1.00. The molecule has 2 fully saturated rings. The van der Waals surface area contributed by atoms with Crippen molar-refractivity contribution in [3.8, 4) is 0 Å². The molecule has 130 valence electrons. The molecule has 2 rings (SSSR count). The van der Waals surface area contributed by atoms with Crippen LogP contribution in [0.25, 0.3) is 0 Å². The number of piperidine rings is 1. The van der Waals surface area contributed by atoms with Gasteiger partial charge in [-0.25, -0.2) is 0 Å². The van der Waals surface area contributed by atoms with Crippen LogP contribution in [0.2, 0.25) is 0 Å². The number of rotatable bonds is 4. The maximum absolute atomic E-state index is 9.92. The van der Waals surface area contributed by atoms with Crippen molar-refractivity contribution in [3.05, 3.63) is 0 Å². The summed E-state index contributed by atoms with van der Waals surface area (Å²) in [6.07, 6.45) is -7.92. The standard InChI is InChI=1S/C13H25NO8/c15-4-8(17)7-3-6(16)1-5(14-7)2-9-10(18)11(19)12(20)13(21)22-9/h5-21H,1-4H2/t5-,6-,7+,8+,9+,10-,11-,12+,13?/m0/s1. The Morgan fingerprint density at radius 1 is 1.00 bits per heavy atom. The third-order valence-corrected chi connectivity index (χ3v) is 4.39. The largest absolute Gasteiger partial charge is 0.394 e. The van der Waals surface area contributed by atoms with Crippen LogP contribution in [-0.4, -0.2) is 97.4 Å². The second-order valence-electron chi connectivity index (χ2n) is 6.12. The molecule has 2 aliphatic rings. The fourth-order valence-corrected chi connectivity index (χ4v) is 3.12. The number of hydrogen-bond acceptors (Lipinski definition) is 9. The lowest BCUT2D eigenvalue weighted by Crippen LogP contribution is -2.60. The minimum Gasteiger partial charge on any atom is -0.394 e. The lowest BCUT2D eigenvalue weighted by molar-refractivity contribution is -0.283. The average molecular weight is 323 g/mol. The van der Waals surface area contributed by atoms with E-state index >= 15 is 0 Å². The van der Waals surface area contributed by atoms with Gasteiger partial charge in [0.2, 0.25) is 0 Å². The van der Waals surface area contributed by atoms with E-state index in [-0.39, 0.29) is 18.9 Å². The molecule has 0 aromatic heterocycles. The Morgan fingerprint density at radius 3 is 2.32 bits per heavy atom. The van der Waals surface area contributed by atoms with Crippen molar-refractivity contribution < 1.29 is 40.5 Å². The molecular formula is C13H25NO8. The summed E-state index contributed by atoms with van der Waals surface area (Å²) in [5, 5.41) is 70.1. The smallest absolute Gasteiger partial charge is 0.183 e. The van der Waals surface area contributed by atoms with E-state index in [1.807, 2.05) is 0 Å². The van der Waals surface area contributed by atoms with Crippen LogP contribution in [0.1, 0.15) is 19.3 Å². The number of aliphatic hydroxyl groups excluding tert-OH is 7. The number of aliphatic hydroxyl groups is 7. The van der Waals surface area contributed by atoms with Gasteiger partial charge in [0.25, 0.3) is 0 Å². The molecule has 9 nitrogen and oxygen atoms in total. The molecule has 0 amide bonds. The second kappa shape index (κ2) is 7.47. The van der Waals surface area contributed by atoms with Crippen molar-refractivity contribution in [2.24, 2.45) is 0 Å². The highest BCUT2D eigenvalue weighted by atomic mass is 16.6. The third-order valence-electron chi connectivity index (χ3n) is 4.39. The van der Waals surface area contributed by atoms with Gasteiger partial charge < -0.3 is 45.8 Å². The van der Waals surface area contributed by atoms with Gasteiger partial charge in [-0.2, -0.15) is 0 Å². The summed E-state index contributed by atoms with van der Waals surface area (Å²) in [6, 6.07) is -0.843. The highest BCUT2D eigenvalue weighted by Gasteiger charge is 2.44. The first-order valence-corrected chi connectivity index (χ1v) is 7.44. The van der Waals surface area contributed by atoms with E-state index in [0.29, 0.717) is 6.42 Å². The van der Waals surface area contributed by atoms with Crippen molar-refractivity contribution in [1.29, 1.82) is 0 Å². The van der Waals surface area contributed by atoms with Crippen LogP contribution in [-0.2, 0) is 4.74 Å². The van der Waals surface area contributed by atoms with Crippen LogP contribution in [0.3, 0.4) is 0 Å². The Balaban J connectivity index is 1.97. The van der Waals surface area contributed by atoms with E-state index in [9.17, 15) is 30.6 Å². The maximum atomic E-state index is 9.92. The van der Waals surface area contributed by atoms with Crippen molar-refractivity contribution in [2.75, 3.05) is 6.61 Å².